The predicted octanol–water partition coefficient (Wildman–Crippen LogP) is 5.55. The summed E-state index contributed by atoms with van der Waals surface area (Å²) in [5, 5.41) is 0.338. The van der Waals surface area contributed by atoms with E-state index in [4.69, 9.17) is 23.2 Å². The van der Waals surface area contributed by atoms with E-state index in [0.717, 1.165) is 10.5 Å². The van der Waals surface area contributed by atoms with E-state index in [2.05, 4.69) is 0 Å². The largest absolute Gasteiger partial charge is 0.365 e. The van der Waals surface area contributed by atoms with Crippen molar-refractivity contribution >= 4 is 46.3 Å². The number of halogens is 3. The van der Waals surface area contributed by atoms with Gasteiger partial charge in [0, 0.05) is 13.6 Å². The van der Waals surface area contributed by atoms with Crippen molar-refractivity contribution in [1.82, 2.24) is 4.90 Å². The Bertz CT molecular complexity index is 1190. The Hall–Kier alpha value is -3.15. The van der Waals surface area contributed by atoms with Gasteiger partial charge < -0.3 is 4.90 Å². The number of rotatable bonds is 5. The molecule has 2 amide bonds. The first kappa shape index (κ1) is 21.1. The highest BCUT2D eigenvalue weighted by atomic mass is 35.5. The first-order valence-electron chi connectivity index (χ1n) is 9.46. The van der Waals surface area contributed by atoms with Crippen LogP contribution in [0, 0.1) is 5.82 Å². The van der Waals surface area contributed by atoms with Crippen molar-refractivity contribution in [3.8, 4) is 0 Å². The fourth-order valence-corrected chi connectivity index (χ4v) is 3.95. The highest BCUT2D eigenvalue weighted by Gasteiger charge is 2.42. The van der Waals surface area contributed by atoms with Crippen LogP contribution in [0.2, 0.25) is 10.0 Å². The summed E-state index contributed by atoms with van der Waals surface area (Å²) in [6.07, 6.45) is 0. The molecule has 0 fully saturated rings. The van der Waals surface area contributed by atoms with Crippen LogP contribution in [0.3, 0.4) is 0 Å². The van der Waals surface area contributed by atoms with Gasteiger partial charge in [-0.2, -0.15) is 0 Å². The topological polar surface area (TPSA) is 40.6 Å². The number of hydrogen-bond acceptors (Lipinski definition) is 3. The lowest BCUT2D eigenvalue weighted by atomic mass is 10.0. The number of nitrogens with zero attached hydrogens (tertiary/aromatic N) is 2. The van der Waals surface area contributed by atoms with Crippen LogP contribution in [0.1, 0.15) is 11.1 Å². The minimum Gasteiger partial charge on any atom is -0.365 e. The van der Waals surface area contributed by atoms with E-state index < -0.39 is 17.6 Å². The summed E-state index contributed by atoms with van der Waals surface area (Å²) in [4.78, 5) is 29.7. The summed E-state index contributed by atoms with van der Waals surface area (Å²) in [5.41, 5.74) is 1.99. The van der Waals surface area contributed by atoms with Crippen LogP contribution in [0.5, 0.6) is 0 Å². The number of anilines is 1. The molecular weight excluding hydrogens is 438 g/mol. The molecule has 0 saturated carbocycles. The standard InChI is InChI=1S/C24H17Cl2FN2O2/c1-28(14-15-6-3-2-4-7-15)22-20(16-10-12-17(27)13-11-16)23(30)29(24(22)31)19-9-5-8-18(25)21(19)26/h2-13H,14H2,1H3. The lowest BCUT2D eigenvalue weighted by Gasteiger charge is -2.22. The molecule has 1 aliphatic heterocycles. The minimum atomic E-state index is -0.546. The third-order valence-corrected chi connectivity index (χ3v) is 5.82. The van der Waals surface area contributed by atoms with Crippen LogP contribution in [-0.2, 0) is 16.1 Å². The molecule has 7 heteroatoms. The van der Waals surface area contributed by atoms with Gasteiger partial charge >= 0.3 is 0 Å². The molecule has 4 rings (SSSR count). The van der Waals surface area contributed by atoms with Crippen molar-refractivity contribution < 1.29 is 14.0 Å². The monoisotopic (exact) mass is 454 g/mol. The minimum absolute atomic E-state index is 0.108. The highest BCUT2D eigenvalue weighted by Crippen LogP contribution is 2.39. The molecule has 4 nitrogen and oxygen atoms in total. The Balaban J connectivity index is 1.83. The number of benzene rings is 3. The molecule has 0 atom stereocenters. The van der Waals surface area contributed by atoms with Gasteiger partial charge in [-0.3, -0.25) is 9.59 Å². The van der Waals surface area contributed by atoms with Gasteiger partial charge in [0.25, 0.3) is 11.8 Å². The Labute approximate surface area is 189 Å². The molecule has 0 aliphatic carbocycles. The van der Waals surface area contributed by atoms with Crippen LogP contribution < -0.4 is 4.90 Å². The molecular formula is C24H17Cl2FN2O2. The highest BCUT2D eigenvalue weighted by molar-refractivity contribution is 6.49. The Morgan fingerprint density at radius 2 is 1.55 bits per heavy atom. The maximum atomic E-state index is 13.5. The molecule has 156 valence electrons. The second-order valence-electron chi connectivity index (χ2n) is 7.09. The average molecular weight is 455 g/mol. The van der Waals surface area contributed by atoms with Gasteiger partial charge in [0.1, 0.15) is 11.5 Å². The van der Waals surface area contributed by atoms with E-state index in [-0.39, 0.29) is 27.0 Å². The maximum absolute atomic E-state index is 13.5. The van der Waals surface area contributed by atoms with Gasteiger partial charge in [-0.15, -0.1) is 0 Å². The van der Waals surface area contributed by atoms with Crippen LogP contribution in [0.15, 0.2) is 78.5 Å². The zero-order valence-electron chi connectivity index (χ0n) is 16.5. The average Bonchev–Trinajstić information content (AvgIpc) is 3.02. The number of carbonyl (C=O) groups excluding carboxylic acids is 2. The molecule has 3 aromatic rings. The quantitative estimate of drug-likeness (QED) is 0.474. The van der Waals surface area contributed by atoms with Gasteiger partial charge in [-0.05, 0) is 35.4 Å². The molecule has 0 N–H and O–H groups in total. The van der Waals surface area contributed by atoms with Gasteiger partial charge in [-0.1, -0.05) is 71.7 Å². The zero-order valence-corrected chi connectivity index (χ0v) is 18.0. The van der Waals surface area contributed by atoms with Crippen LogP contribution in [0.4, 0.5) is 10.1 Å². The Morgan fingerprint density at radius 3 is 2.23 bits per heavy atom. The summed E-state index contributed by atoms with van der Waals surface area (Å²) in [5.74, 6) is -1.50. The van der Waals surface area contributed by atoms with Gasteiger partial charge in [-0.25, -0.2) is 9.29 Å². The maximum Gasteiger partial charge on any atom is 0.282 e. The summed E-state index contributed by atoms with van der Waals surface area (Å²) >= 11 is 12.4. The van der Waals surface area contributed by atoms with E-state index in [9.17, 15) is 14.0 Å². The lowest BCUT2D eigenvalue weighted by Crippen LogP contribution is -2.34. The molecule has 1 aliphatic rings. The second-order valence-corrected chi connectivity index (χ2v) is 7.88. The number of likely N-dealkylation sites (N-methyl/N-ethyl adjacent to an activating group) is 1. The molecule has 3 aromatic carbocycles. The van der Waals surface area contributed by atoms with Gasteiger partial charge in [0.15, 0.2) is 0 Å². The third kappa shape index (κ3) is 3.94. The van der Waals surface area contributed by atoms with E-state index in [0.29, 0.717) is 12.1 Å². The fraction of sp³-hybridized carbons (Fsp3) is 0.0833. The Morgan fingerprint density at radius 1 is 0.871 bits per heavy atom. The summed E-state index contributed by atoms with van der Waals surface area (Å²) in [6.45, 7) is 0.400. The van der Waals surface area contributed by atoms with Gasteiger partial charge in [0.2, 0.25) is 0 Å². The molecule has 0 spiro atoms. The third-order valence-electron chi connectivity index (χ3n) is 5.01. The van der Waals surface area contributed by atoms with Crippen LogP contribution >= 0.6 is 23.2 Å². The summed E-state index contributed by atoms with van der Waals surface area (Å²) in [7, 11) is 1.74. The number of imide groups is 1. The molecule has 31 heavy (non-hydrogen) atoms. The van der Waals surface area contributed by atoms with E-state index in [1.807, 2.05) is 30.3 Å². The van der Waals surface area contributed by atoms with Crippen molar-refractivity contribution in [2.75, 3.05) is 11.9 Å². The number of hydrogen-bond donors (Lipinski definition) is 0. The zero-order chi connectivity index (χ0) is 22.1. The fourth-order valence-electron chi connectivity index (χ4n) is 3.57. The van der Waals surface area contributed by atoms with Crippen molar-refractivity contribution in [3.63, 3.8) is 0 Å². The van der Waals surface area contributed by atoms with Crippen LogP contribution in [0.25, 0.3) is 5.57 Å². The summed E-state index contributed by atoms with van der Waals surface area (Å²) < 4.78 is 13.5. The first-order valence-corrected chi connectivity index (χ1v) is 10.2. The number of carbonyl (C=O) groups is 2. The normalized spacial score (nSPS) is 13.9. The van der Waals surface area contributed by atoms with Crippen molar-refractivity contribution in [1.29, 1.82) is 0 Å². The van der Waals surface area contributed by atoms with E-state index in [1.165, 1.54) is 24.3 Å². The molecule has 0 radical (unpaired) electrons. The van der Waals surface area contributed by atoms with Crippen molar-refractivity contribution in [2.24, 2.45) is 0 Å². The molecule has 0 aromatic heterocycles. The first-order chi connectivity index (χ1) is 14.9. The lowest BCUT2D eigenvalue weighted by molar-refractivity contribution is -0.120. The predicted molar refractivity (Wildman–Crippen MR) is 120 cm³/mol. The molecule has 1 heterocycles. The molecule has 0 unspecified atom stereocenters. The van der Waals surface area contributed by atoms with Gasteiger partial charge in [0.05, 0.1) is 21.3 Å². The van der Waals surface area contributed by atoms with E-state index in [1.54, 1.807) is 30.1 Å². The van der Waals surface area contributed by atoms with Crippen molar-refractivity contribution in [2.45, 2.75) is 6.54 Å². The van der Waals surface area contributed by atoms with Crippen molar-refractivity contribution in [3.05, 3.63) is 105 Å². The smallest absolute Gasteiger partial charge is 0.282 e. The second kappa shape index (κ2) is 8.53. The van der Waals surface area contributed by atoms with E-state index >= 15 is 0 Å². The van der Waals surface area contributed by atoms with Crippen LogP contribution in [-0.4, -0.2) is 23.8 Å². The SMILES string of the molecule is CN(Cc1ccccc1)C1=C(c2ccc(F)cc2)C(=O)N(c2cccc(Cl)c2Cl)C1=O. The Kier molecular flexibility index (Phi) is 5.81. The molecule has 0 bridgehead atoms. The number of amides is 2. The molecule has 0 saturated heterocycles. The summed E-state index contributed by atoms with van der Waals surface area (Å²) in [6, 6.07) is 19.8.